The minimum Gasteiger partial charge on any atom is -0.480 e. The average molecular weight is 385 g/mol. The van der Waals surface area contributed by atoms with E-state index in [9.17, 15) is 9.59 Å². The lowest BCUT2D eigenvalue weighted by molar-refractivity contribution is -0.138. The summed E-state index contributed by atoms with van der Waals surface area (Å²) in [4.78, 5) is 29.5. The summed E-state index contributed by atoms with van der Waals surface area (Å²) in [6.45, 7) is 2.18. The molecule has 2 aromatic rings. The topological polar surface area (TPSA) is 100 Å². The van der Waals surface area contributed by atoms with Gasteiger partial charge >= 0.3 is 5.97 Å². The predicted octanol–water partition coefficient (Wildman–Crippen LogP) is 1.27. The second kappa shape index (κ2) is 9.45. The van der Waals surface area contributed by atoms with Crippen molar-refractivity contribution >= 4 is 11.9 Å². The number of aromatic nitrogens is 3. The maximum Gasteiger partial charge on any atom is 0.317 e. The van der Waals surface area contributed by atoms with Crippen LogP contribution in [-0.4, -0.2) is 63.3 Å². The van der Waals surface area contributed by atoms with Gasteiger partial charge in [-0.25, -0.2) is 9.67 Å². The molecular weight excluding hydrogens is 358 g/mol. The van der Waals surface area contributed by atoms with Crippen LogP contribution in [0.3, 0.4) is 0 Å². The molecule has 1 aromatic heterocycles. The largest absolute Gasteiger partial charge is 0.480 e. The predicted molar refractivity (Wildman–Crippen MR) is 104 cm³/mol. The molecule has 0 radical (unpaired) electrons. The molecule has 1 aliphatic heterocycles. The van der Waals surface area contributed by atoms with E-state index in [1.807, 2.05) is 39.9 Å². The summed E-state index contributed by atoms with van der Waals surface area (Å²) in [5, 5.41) is 16.3. The Hall–Kier alpha value is -2.74. The van der Waals surface area contributed by atoms with Gasteiger partial charge in [0.05, 0.1) is 19.5 Å². The number of likely N-dealkylation sites (tertiary alicyclic amines) is 1. The third-order valence-corrected chi connectivity index (χ3v) is 5.06. The molecule has 0 saturated carbocycles. The van der Waals surface area contributed by atoms with Crippen LogP contribution in [0.5, 0.6) is 0 Å². The van der Waals surface area contributed by atoms with Crippen molar-refractivity contribution in [3.63, 3.8) is 0 Å². The van der Waals surface area contributed by atoms with E-state index in [2.05, 4.69) is 10.4 Å². The highest BCUT2D eigenvalue weighted by molar-refractivity contribution is 5.77. The number of aliphatic carboxylic acids is 1. The van der Waals surface area contributed by atoms with Crippen molar-refractivity contribution < 1.29 is 14.7 Å². The molecule has 150 valence electrons. The van der Waals surface area contributed by atoms with Crippen molar-refractivity contribution in [2.24, 2.45) is 0 Å². The van der Waals surface area contributed by atoms with Gasteiger partial charge in [0.15, 0.2) is 5.82 Å². The minimum atomic E-state index is -0.793. The van der Waals surface area contributed by atoms with Gasteiger partial charge in [-0.1, -0.05) is 30.3 Å². The number of carbonyl (C=O) groups is 2. The van der Waals surface area contributed by atoms with Crippen LogP contribution in [0.1, 0.15) is 42.4 Å². The van der Waals surface area contributed by atoms with Gasteiger partial charge in [-0.05, 0) is 37.9 Å². The van der Waals surface area contributed by atoms with Gasteiger partial charge in [-0.15, -0.1) is 0 Å². The lowest BCUT2D eigenvalue weighted by Gasteiger charge is -2.17. The zero-order chi connectivity index (χ0) is 19.9. The molecule has 1 saturated heterocycles. The number of rotatable bonds is 7. The number of nitrogens with zero attached hydrogens (tertiary/aromatic N) is 4. The maximum atomic E-state index is 11.8. The molecule has 8 nitrogen and oxygen atoms in total. The first-order chi connectivity index (χ1) is 13.5. The number of carbonyl (C=O) groups excluding carboxylic acids is 1. The lowest BCUT2D eigenvalue weighted by atomic mass is 10.00. The Balaban J connectivity index is 1.81. The van der Waals surface area contributed by atoms with Crippen LogP contribution in [0, 0.1) is 0 Å². The van der Waals surface area contributed by atoms with E-state index in [0.717, 1.165) is 43.7 Å². The molecule has 0 bridgehead atoms. The number of carboxylic acid groups (broad SMARTS) is 1. The number of carboxylic acids is 1. The first kappa shape index (κ1) is 20.0. The van der Waals surface area contributed by atoms with Crippen LogP contribution in [-0.2, 0) is 22.6 Å². The first-order valence-corrected chi connectivity index (χ1v) is 9.67. The zero-order valence-corrected chi connectivity index (χ0v) is 16.2. The minimum absolute atomic E-state index is 0.0747. The monoisotopic (exact) mass is 385 g/mol. The number of hydrogen-bond donors (Lipinski definition) is 2. The molecule has 2 N–H and O–H groups in total. The molecule has 0 spiro atoms. The fourth-order valence-electron chi connectivity index (χ4n) is 3.65. The van der Waals surface area contributed by atoms with Crippen molar-refractivity contribution in [2.75, 3.05) is 26.7 Å². The highest BCUT2D eigenvalue weighted by Gasteiger charge is 2.25. The smallest absolute Gasteiger partial charge is 0.317 e. The van der Waals surface area contributed by atoms with E-state index < -0.39 is 5.97 Å². The van der Waals surface area contributed by atoms with E-state index >= 15 is 0 Å². The SMILES string of the molecule is CNC(=O)Cc1nc(C2CCCN(CC(=O)O)CC2)n(Cc2ccccc2)n1. The van der Waals surface area contributed by atoms with Gasteiger partial charge in [0.1, 0.15) is 5.82 Å². The molecule has 1 fully saturated rings. The summed E-state index contributed by atoms with van der Waals surface area (Å²) in [6, 6.07) is 10.1. The van der Waals surface area contributed by atoms with Crippen LogP contribution in [0.4, 0.5) is 0 Å². The van der Waals surface area contributed by atoms with Gasteiger partial charge in [-0.2, -0.15) is 5.10 Å². The Bertz CT molecular complexity index is 805. The van der Waals surface area contributed by atoms with Crippen molar-refractivity contribution in [1.29, 1.82) is 0 Å². The van der Waals surface area contributed by atoms with Crippen molar-refractivity contribution in [2.45, 2.75) is 38.1 Å². The Morgan fingerprint density at radius 3 is 2.71 bits per heavy atom. The average Bonchev–Trinajstić information content (AvgIpc) is 2.91. The molecule has 1 aromatic carbocycles. The summed E-state index contributed by atoms with van der Waals surface area (Å²) < 4.78 is 1.91. The third kappa shape index (κ3) is 5.39. The summed E-state index contributed by atoms with van der Waals surface area (Å²) in [5.41, 5.74) is 1.13. The number of amides is 1. The van der Waals surface area contributed by atoms with E-state index in [1.54, 1.807) is 7.05 Å². The van der Waals surface area contributed by atoms with Gasteiger partial charge < -0.3 is 10.4 Å². The van der Waals surface area contributed by atoms with Crippen LogP contribution in [0.15, 0.2) is 30.3 Å². The maximum absolute atomic E-state index is 11.8. The Morgan fingerprint density at radius 1 is 1.21 bits per heavy atom. The highest BCUT2D eigenvalue weighted by atomic mass is 16.4. The highest BCUT2D eigenvalue weighted by Crippen LogP contribution is 2.27. The van der Waals surface area contributed by atoms with Crippen LogP contribution < -0.4 is 5.32 Å². The molecule has 8 heteroatoms. The number of likely N-dealkylation sites (N-methyl/N-ethyl adjacent to an activating group) is 1. The number of hydrogen-bond acceptors (Lipinski definition) is 5. The molecule has 1 unspecified atom stereocenters. The molecule has 28 heavy (non-hydrogen) atoms. The first-order valence-electron chi connectivity index (χ1n) is 9.67. The van der Waals surface area contributed by atoms with E-state index in [1.165, 1.54) is 0 Å². The fourth-order valence-corrected chi connectivity index (χ4v) is 3.65. The second-order valence-corrected chi connectivity index (χ2v) is 7.18. The second-order valence-electron chi connectivity index (χ2n) is 7.18. The standard InChI is InChI=1S/C20H27N5O3/c1-21-18(26)12-17-22-20(25(23-17)13-15-6-3-2-4-7-15)16-8-5-10-24(11-9-16)14-19(27)28/h2-4,6-7,16H,5,8-14H2,1H3,(H,21,26)(H,27,28). The third-order valence-electron chi connectivity index (χ3n) is 5.06. The van der Waals surface area contributed by atoms with Crippen molar-refractivity contribution in [3.8, 4) is 0 Å². The van der Waals surface area contributed by atoms with Gasteiger partial charge in [0, 0.05) is 13.0 Å². The molecule has 0 aliphatic carbocycles. The Kier molecular flexibility index (Phi) is 6.76. The quantitative estimate of drug-likeness (QED) is 0.744. The molecule has 1 atom stereocenters. The molecule has 1 aliphatic rings. The molecule has 1 amide bonds. The zero-order valence-electron chi connectivity index (χ0n) is 16.2. The van der Waals surface area contributed by atoms with Crippen LogP contribution in [0.25, 0.3) is 0 Å². The van der Waals surface area contributed by atoms with E-state index in [-0.39, 0.29) is 24.8 Å². The summed E-state index contributed by atoms with van der Waals surface area (Å²) in [7, 11) is 1.60. The van der Waals surface area contributed by atoms with Gasteiger partial charge in [-0.3, -0.25) is 14.5 Å². The summed E-state index contributed by atoms with van der Waals surface area (Å²) in [5.74, 6) is 0.709. The van der Waals surface area contributed by atoms with Gasteiger partial charge in [0.2, 0.25) is 5.91 Å². The van der Waals surface area contributed by atoms with Crippen LogP contribution in [0.2, 0.25) is 0 Å². The van der Waals surface area contributed by atoms with Crippen molar-refractivity contribution in [3.05, 3.63) is 47.5 Å². The molecule has 3 rings (SSSR count). The Morgan fingerprint density at radius 2 is 2.00 bits per heavy atom. The fraction of sp³-hybridized carbons (Fsp3) is 0.500. The van der Waals surface area contributed by atoms with Crippen molar-refractivity contribution in [1.82, 2.24) is 25.0 Å². The summed E-state index contributed by atoms with van der Waals surface area (Å²) >= 11 is 0. The molecular formula is C20H27N5O3. The van der Waals surface area contributed by atoms with Crippen LogP contribution >= 0.6 is 0 Å². The van der Waals surface area contributed by atoms with Gasteiger partial charge in [0.25, 0.3) is 0 Å². The molecule has 2 heterocycles. The number of nitrogens with one attached hydrogen (secondary N) is 1. The van der Waals surface area contributed by atoms with E-state index in [0.29, 0.717) is 12.4 Å². The normalized spacial score (nSPS) is 17.8. The number of benzene rings is 1. The summed E-state index contributed by atoms with van der Waals surface area (Å²) in [6.07, 6.45) is 2.84. The lowest BCUT2D eigenvalue weighted by Crippen LogP contribution is -2.30. The Labute approximate surface area is 164 Å². The van der Waals surface area contributed by atoms with E-state index in [4.69, 9.17) is 10.1 Å².